The molecule has 0 aromatic heterocycles. The Morgan fingerprint density at radius 3 is 2.35 bits per heavy atom. The zero-order valence-corrected chi connectivity index (χ0v) is 11.6. The molecule has 2 nitrogen and oxygen atoms in total. The summed E-state index contributed by atoms with van der Waals surface area (Å²) in [5.41, 5.74) is 0. The maximum Gasteiger partial charge on any atom is 0.306 e. The van der Waals surface area contributed by atoms with E-state index >= 15 is 0 Å². The van der Waals surface area contributed by atoms with Gasteiger partial charge >= 0.3 is 5.97 Å². The molecule has 2 heteroatoms. The Morgan fingerprint density at radius 1 is 1.24 bits per heavy atom. The topological polar surface area (TPSA) is 37.3 Å². The van der Waals surface area contributed by atoms with Gasteiger partial charge in [0.15, 0.2) is 0 Å². The average molecular weight is 240 g/mol. The van der Waals surface area contributed by atoms with Crippen molar-refractivity contribution in [3.63, 3.8) is 0 Å². The molecule has 0 aromatic carbocycles. The highest BCUT2D eigenvalue weighted by molar-refractivity contribution is 5.70. The molecule has 0 heterocycles. The van der Waals surface area contributed by atoms with E-state index in [0.717, 1.165) is 38.0 Å². The molecule has 3 unspecified atom stereocenters. The molecule has 0 spiro atoms. The summed E-state index contributed by atoms with van der Waals surface area (Å²) in [5.74, 6) is 1.18. The van der Waals surface area contributed by atoms with Gasteiger partial charge in [0, 0.05) is 0 Å². The molecule has 17 heavy (non-hydrogen) atoms. The summed E-state index contributed by atoms with van der Waals surface area (Å²) in [6.07, 6.45) is 7.95. The monoisotopic (exact) mass is 240 g/mol. The first-order valence-corrected chi connectivity index (χ1v) is 7.36. The number of rotatable bonds is 6. The molecule has 0 radical (unpaired) electrons. The van der Waals surface area contributed by atoms with Gasteiger partial charge in [0.2, 0.25) is 0 Å². The standard InChI is InChI=1S/C15H28O2/c1-4-7-11-8-9-13(15(16)17)14(10-11)12(5-2)6-3/h11-14H,4-10H2,1-3H3,(H,16,17). The predicted octanol–water partition coefficient (Wildman–Crippen LogP) is 4.34. The van der Waals surface area contributed by atoms with Gasteiger partial charge in [-0.2, -0.15) is 0 Å². The lowest BCUT2D eigenvalue weighted by molar-refractivity contribution is -0.146. The van der Waals surface area contributed by atoms with Crippen molar-refractivity contribution in [3.05, 3.63) is 0 Å². The highest BCUT2D eigenvalue weighted by Crippen LogP contribution is 2.42. The zero-order chi connectivity index (χ0) is 12.8. The van der Waals surface area contributed by atoms with Gasteiger partial charge in [0.1, 0.15) is 0 Å². The second-order valence-electron chi connectivity index (χ2n) is 5.65. The van der Waals surface area contributed by atoms with Gasteiger partial charge in [-0.1, -0.05) is 46.5 Å². The fraction of sp³-hybridized carbons (Fsp3) is 0.933. The Morgan fingerprint density at radius 2 is 1.88 bits per heavy atom. The van der Waals surface area contributed by atoms with E-state index < -0.39 is 5.97 Å². The van der Waals surface area contributed by atoms with E-state index in [0.29, 0.717) is 11.8 Å². The Labute approximate surface area is 106 Å². The molecule has 0 aromatic rings. The maximum absolute atomic E-state index is 11.4. The van der Waals surface area contributed by atoms with Crippen molar-refractivity contribution in [1.29, 1.82) is 0 Å². The third-order valence-corrected chi connectivity index (χ3v) is 4.68. The summed E-state index contributed by atoms with van der Waals surface area (Å²) in [6, 6.07) is 0. The van der Waals surface area contributed by atoms with Crippen LogP contribution in [0, 0.1) is 23.7 Å². The lowest BCUT2D eigenvalue weighted by Gasteiger charge is -2.38. The lowest BCUT2D eigenvalue weighted by Crippen LogP contribution is -2.35. The van der Waals surface area contributed by atoms with Crippen LogP contribution >= 0.6 is 0 Å². The van der Waals surface area contributed by atoms with Crippen molar-refractivity contribution in [3.8, 4) is 0 Å². The summed E-state index contributed by atoms with van der Waals surface area (Å²) < 4.78 is 0. The molecule has 0 aliphatic heterocycles. The first-order chi connectivity index (χ1) is 8.13. The second kappa shape index (κ2) is 7.03. The van der Waals surface area contributed by atoms with Crippen LogP contribution in [-0.2, 0) is 4.79 Å². The number of aliphatic carboxylic acids is 1. The van der Waals surface area contributed by atoms with Crippen molar-refractivity contribution >= 4 is 5.97 Å². The molecule has 1 saturated carbocycles. The van der Waals surface area contributed by atoms with Crippen LogP contribution in [0.15, 0.2) is 0 Å². The summed E-state index contributed by atoms with van der Waals surface area (Å²) in [7, 11) is 0. The fourth-order valence-corrected chi connectivity index (χ4v) is 3.69. The Bertz CT molecular complexity index is 233. The van der Waals surface area contributed by atoms with Crippen LogP contribution < -0.4 is 0 Å². The number of carbonyl (C=O) groups is 1. The first-order valence-electron chi connectivity index (χ1n) is 7.36. The van der Waals surface area contributed by atoms with Crippen LogP contribution in [0.5, 0.6) is 0 Å². The Kier molecular flexibility index (Phi) is 6.01. The molecule has 1 aliphatic carbocycles. The summed E-state index contributed by atoms with van der Waals surface area (Å²) >= 11 is 0. The summed E-state index contributed by atoms with van der Waals surface area (Å²) in [6.45, 7) is 6.64. The van der Waals surface area contributed by atoms with Gasteiger partial charge in [-0.3, -0.25) is 4.79 Å². The number of carboxylic acid groups (broad SMARTS) is 1. The van der Waals surface area contributed by atoms with Crippen molar-refractivity contribution in [2.75, 3.05) is 0 Å². The van der Waals surface area contributed by atoms with Crippen molar-refractivity contribution in [1.82, 2.24) is 0 Å². The summed E-state index contributed by atoms with van der Waals surface area (Å²) in [5, 5.41) is 9.36. The summed E-state index contributed by atoms with van der Waals surface area (Å²) in [4.78, 5) is 11.4. The van der Waals surface area contributed by atoms with E-state index in [9.17, 15) is 9.90 Å². The molecular weight excluding hydrogens is 212 g/mol. The predicted molar refractivity (Wildman–Crippen MR) is 70.9 cm³/mol. The normalized spacial score (nSPS) is 29.5. The van der Waals surface area contributed by atoms with Crippen molar-refractivity contribution in [2.24, 2.45) is 23.7 Å². The quantitative estimate of drug-likeness (QED) is 0.750. The first kappa shape index (κ1) is 14.5. The molecule has 1 fully saturated rings. The molecular formula is C15H28O2. The van der Waals surface area contributed by atoms with E-state index in [2.05, 4.69) is 20.8 Å². The van der Waals surface area contributed by atoms with Gasteiger partial charge in [-0.25, -0.2) is 0 Å². The number of carboxylic acids is 1. The van der Waals surface area contributed by atoms with E-state index in [1.807, 2.05) is 0 Å². The van der Waals surface area contributed by atoms with Crippen LogP contribution in [0.4, 0.5) is 0 Å². The minimum Gasteiger partial charge on any atom is -0.481 e. The van der Waals surface area contributed by atoms with Crippen LogP contribution in [-0.4, -0.2) is 11.1 Å². The minimum atomic E-state index is -0.558. The molecule has 0 bridgehead atoms. The largest absolute Gasteiger partial charge is 0.481 e. The number of hydrogen-bond acceptors (Lipinski definition) is 1. The minimum absolute atomic E-state index is 0.0759. The SMILES string of the molecule is CCCC1CCC(C(=O)O)C(C(CC)CC)C1. The third kappa shape index (κ3) is 3.72. The van der Waals surface area contributed by atoms with Crippen molar-refractivity contribution in [2.45, 2.75) is 65.7 Å². The van der Waals surface area contributed by atoms with Gasteiger partial charge in [-0.05, 0) is 37.0 Å². The molecule has 3 atom stereocenters. The van der Waals surface area contributed by atoms with Crippen molar-refractivity contribution < 1.29 is 9.90 Å². The van der Waals surface area contributed by atoms with Crippen LogP contribution in [0.3, 0.4) is 0 Å². The van der Waals surface area contributed by atoms with Crippen LogP contribution in [0.25, 0.3) is 0 Å². The number of hydrogen-bond donors (Lipinski definition) is 1. The van der Waals surface area contributed by atoms with Crippen LogP contribution in [0.1, 0.15) is 65.7 Å². The van der Waals surface area contributed by atoms with Gasteiger partial charge < -0.3 is 5.11 Å². The highest BCUT2D eigenvalue weighted by Gasteiger charge is 2.37. The maximum atomic E-state index is 11.4. The zero-order valence-electron chi connectivity index (χ0n) is 11.6. The molecule has 0 amide bonds. The lowest BCUT2D eigenvalue weighted by atomic mass is 9.66. The van der Waals surface area contributed by atoms with Gasteiger partial charge in [0.05, 0.1) is 5.92 Å². The second-order valence-corrected chi connectivity index (χ2v) is 5.65. The Balaban J connectivity index is 2.71. The molecule has 1 N–H and O–H groups in total. The van der Waals surface area contributed by atoms with E-state index in [1.165, 1.54) is 12.8 Å². The van der Waals surface area contributed by atoms with Crippen LogP contribution in [0.2, 0.25) is 0 Å². The smallest absolute Gasteiger partial charge is 0.306 e. The molecule has 0 saturated heterocycles. The highest BCUT2D eigenvalue weighted by atomic mass is 16.4. The average Bonchev–Trinajstić information content (AvgIpc) is 2.31. The van der Waals surface area contributed by atoms with Gasteiger partial charge in [-0.15, -0.1) is 0 Å². The van der Waals surface area contributed by atoms with Gasteiger partial charge in [0.25, 0.3) is 0 Å². The fourth-order valence-electron chi connectivity index (χ4n) is 3.69. The van der Waals surface area contributed by atoms with E-state index in [4.69, 9.17) is 0 Å². The third-order valence-electron chi connectivity index (χ3n) is 4.68. The molecule has 100 valence electrons. The van der Waals surface area contributed by atoms with E-state index in [1.54, 1.807) is 0 Å². The van der Waals surface area contributed by atoms with E-state index in [-0.39, 0.29) is 5.92 Å². The molecule has 1 rings (SSSR count). The Hall–Kier alpha value is -0.530. The molecule has 1 aliphatic rings.